The van der Waals surface area contributed by atoms with Gasteiger partial charge in [0.15, 0.2) is 0 Å². The van der Waals surface area contributed by atoms with Gasteiger partial charge in [0.2, 0.25) is 0 Å². The summed E-state index contributed by atoms with van der Waals surface area (Å²) >= 11 is 0. The van der Waals surface area contributed by atoms with Crippen molar-refractivity contribution in [2.75, 3.05) is 7.11 Å². The molecular weight excluding hydrogens is 156 g/mol. The summed E-state index contributed by atoms with van der Waals surface area (Å²) in [6.45, 7) is 3.89. The van der Waals surface area contributed by atoms with Crippen LogP contribution < -0.4 is 0 Å². The Bertz CT molecular complexity index is 134. The van der Waals surface area contributed by atoms with E-state index < -0.39 is 5.97 Å². The van der Waals surface area contributed by atoms with Crippen LogP contribution in [0.25, 0.3) is 0 Å². The van der Waals surface area contributed by atoms with E-state index in [1.807, 2.05) is 13.8 Å². The molecule has 0 aromatic carbocycles. The molecule has 2 unspecified atom stereocenters. The lowest BCUT2D eigenvalue weighted by molar-refractivity contribution is -0.143. The summed E-state index contributed by atoms with van der Waals surface area (Å²) in [4.78, 5) is 10.7. The Morgan fingerprint density at radius 1 is 1.58 bits per heavy atom. The summed E-state index contributed by atoms with van der Waals surface area (Å²) in [5.74, 6) is -0.953. The van der Waals surface area contributed by atoms with Crippen LogP contribution in [-0.4, -0.2) is 24.3 Å². The van der Waals surface area contributed by atoms with Crippen LogP contribution in [-0.2, 0) is 9.53 Å². The third-order valence-electron chi connectivity index (χ3n) is 2.01. The molecule has 0 bridgehead atoms. The van der Waals surface area contributed by atoms with Crippen molar-refractivity contribution in [2.45, 2.75) is 39.2 Å². The number of ether oxygens (including phenoxy) is 1. The van der Waals surface area contributed by atoms with E-state index in [1.54, 1.807) is 7.11 Å². The minimum atomic E-state index is -0.708. The number of aliphatic carboxylic acids is 1. The monoisotopic (exact) mass is 174 g/mol. The molecule has 3 heteroatoms. The molecule has 3 nitrogen and oxygen atoms in total. The van der Waals surface area contributed by atoms with E-state index in [1.165, 1.54) is 0 Å². The van der Waals surface area contributed by atoms with E-state index in [-0.39, 0.29) is 12.0 Å². The van der Waals surface area contributed by atoms with E-state index in [9.17, 15) is 4.79 Å². The normalized spacial score (nSPS) is 15.6. The van der Waals surface area contributed by atoms with E-state index >= 15 is 0 Å². The van der Waals surface area contributed by atoms with Gasteiger partial charge >= 0.3 is 5.97 Å². The SMILES string of the molecule is CCCC(CC(C)OC)C(=O)O. The van der Waals surface area contributed by atoms with Gasteiger partial charge in [-0.1, -0.05) is 13.3 Å². The first-order valence-electron chi connectivity index (χ1n) is 4.37. The fourth-order valence-corrected chi connectivity index (χ4v) is 1.19. The van der Waals surface area contributed by atoms with Gasteiger partial charge in [-0.3, -0.25) is 4.79 Å². The predicted molar refractivity (Wildman–Crippen MR) is 47.1 cm³/mol. The molecule has 0 spiro atoms. The highest BCUT2D eigenvalue weighted by Gasteiger charge is 2.18. The number of rotatable bonds is 6. The Kier molecular flexibility index (Phi) is 5.72. The van der Waals surface area contributed by atoms with Crippen LogP contribution >= 0.6 is 0 Å². The first kappa shape index (κ1) is 11.4. The van der Waals surface area contributed by atoms with E-state index in [4.69, 9.17) is 9.84 Å². The zero-order chi connectivity index (χ0) is 9.56. The molecule has 0 rings (SSSR count). The smallest absolute Gasteiger partial charge is 0.306 e. The standard InChI is InChI=1S/C9H18O3/c1-4-5-8(9(10)11)6-7(2)12-3/h7-8H,4-6H2,1-3H3,(H,10,11). The first-order valence-corrected chi connectivity index (χ1v) is 4.37. The molecule has 0 aliphatic heterocycles. The molecule has 1 N–H and O–H groups in total. The van der Waals surface area contributed by atoms with Crippen molar-refractivity contribution >= 4 is 5.97 Å². The van der Waals surface area contributed by atoms with Gasteiger partial charge in [0.05, 0.1) is 12.0 Å². The molecular formula is C9H18O3. The van der Waals surface area contributed by atoms with Crippen molar-refractivity contribution in [1.29, 1.82) is 0 Å². The third-order valence-corrected chi connectivity index (χ3v) is 2.01. The van der Waals surface area contributed by atoms with Crippen molar-refractivity contribution in [3.8, 4) is 0 Å². The molecule has 0 aliphatic carbocycles. The Morgan fingerprint density at radius 2 is 2.17 bits per heavy atom. The third kappa shape index (κ3) is 4.34. The lowest BCUT2D eigenvalue weighted by Gasteiger charge is -2.15. The van der Waals surface area contributed by atoms with Gasteiger partial charge in [-0.25, -0.2) is 0 Å². The lowest BCUT2D eigenvalue weighted by Crippen LogP contribution is -2.20. The molecule has 0 aromatic heterocycles. The van der Waals surface area contributed by atoms with Gasteiger partial charge < -0.3 is 9.84 Å². The minimum Gasteiger partial charge on any atom is -0.481 e. The van der Waals surface area contributed by atoms with Crippen LogP contribution in [0, 0.1) is 5.92 Å². The number of carboxylic acid groups (broad SMARTS) is 1. The fraction of sp³-hybridized carbons (Fsp3) is 0.889. The second-order valence-corrected chi connectivity index (χ2v) is 3.11. The molecule has 0 aromatic rings. The van der Waals surface area contributed by atoms with Crippen molar-refractivity contribution in [2.24, 2.45) is 5.92 Å². The summed E-state index contributed by atoms with van der Waals surface area (Å²) in [5.41, 5.74) is 0. The van der Waals surface area contributed by atoms with Crippen LogP contribution in [0.15, 0.2) is 0 Å². The average Bonchev–Trinajstić information content (AvgIpc) is 2.03. The highest BCUT2D eigenvalue weighted by molar-refractivity contribution is 5.69. The van der Waals surface area contributed by atoms with Crippen LogP contribution in [0.5, 0.6) is 0 Å². The summed E-state index contributed by atoms with van der Waals surface area (Å²) in [7, 11) is 1.61. The zero-order valence-corrected chi connectivity index (χ0v) is 8.04. The molecule has 0 amide bonds. The van der Waals surface area contributed by atoms with E-state index in [0.29, 0.717) is 6.42 Å². The Balaban J connectivity index is 3.86. The Labute approximate surface area is 73.7 Å². The summed E-state index contributed by atoms with van der Waals surface area (Å²) < 4.78 is 5.01. The maximum atomic E-state index is 10.7. The highest BCUT2D eigenvalue weighted by atomic mass is 16.5. The second kappa shape index (κ2) is 6.00. The molecule has 0 saturated heterocycles. The number of hydrogen-bond acceptors (Lipinski definition) is 2. The molecule has 0 aliphatic rings. The molecule has 0 fully saturated rings. The van der Waals surface area contributed by atoms with Crippen LogP contribution in [0.1, 0.15) is 33.1 Å². The van der Waals surface area contributed by atoms with Crippen LogP contribution in [0.2, 0.25) is 0 Å². The topological polar surface area (TPSA) is 46.5 Å². The van der Waals surface area contributed by atoms with Gasteiger partial charge in [-0.15, -0.1) is 0 Å². The second-order valence-electron chi connectivity index (χ2n) is 3.11. The maximum Gasteiger partial charge on any atom is 0.306 e. The van der Waals surface area contributed by atoms with Gasteiger partial charge in [0.25, 0.3) is 0 Å². The maximum absolute atomic E-state index is 10.7. The van der Waals surface area contributed by atoms with Crippen molar-refractivity contribution in [3.05, 3.63) is 0 Å². The molecule has 2 atom stereocenters. The molecule has 72 valence electrons. The van der Waals surface area contributed by atoms with Gasteiger partial charge in [-0.05, 0) is 19.8 Å². The predicted octanol–water partition coefficient (Wildman–Crippen LogP) is 1.91. The Hall–Kier alpha value is -0.570. The van der Waals surface area contributed by atoms with Crippen LogP contribution in [0.3, 0.4) is 0 Å². The number of methoxy groups -OCH3 is 1. The van der Waals surface area contributed by atoms with Crippen molar-refractivity contribution < 1.29 is 14.6 Å². The number of hydrogen-bond donors (Lipinski definition) is 1. The summed E-state index contributed by atoms with van der Waals surface area (Å²) in [6, 6.07) is 0. The van der Waals surface area contributed by atoms with Gasteiger partial charge in [0, 0.05) is 7.11 Å². The zero-order valence-electron chi connectivity index (χ0n) is 8.04. The number of carboxylic acids is 1. The quantitative estimate of drug-likeness (QED) is 0.669. The van der Waals surface area contributed by atoms with Gasteiger partial charge in [0.1, 0.15) is 0 Å². The van der Waals surface area contributed by atoms with Crippen LogP contribution in [0.4, 0.5) is 0 Å². The van der Waals surface area contributed by atoms with Crippen molar-refractivity contribution in [3.63, 3.8) is 0 Å². The van der Waals surface area contributed by atoms with E-state index in [2.05, 4.69) is 0 Å². The first-order chi connectivity index (χ1) is 5.61. The molecule has 0 saturated carbocycles. The van der Waals surface area contributed by atoms with Gasteiger partial charge in [-0.2, -0.15) is 0 Å². The summed E-state index contributed by atoms with van der Waals surface area (Å²) in [5, 5.41) is 8.79. The lowest BCUT2D eigenvalue weighted by atomic mass is 9.97. The largest absolute Gasteiger partial charge is 0.481 e. The number of carbonyl (C=O) groups is 1. The van der Waals surface area contributed by atoms with E-state index in [0.717, 1.165) is 12.8 Å². The Morgan fingerprint density at radius 3 is 2.50 bits per heavy atom. The highest BCUT2D eigenvalue weighted by Crippen LogP contribution is 2.14. The molecule has 12 heavy (non-hydrogen) atoms. The molecule has 0 heterocycles. The average molecular weight is 174 g/mol. The van der Waals surface area contributed by atoms with Crippen molar-refractivity contribution in [1.82, 2.24) is 0 Å². The summed E-state index contributed by atoms with van der Waals surface area (Å²) in [6.07, 6.45) is 2.30. The minimum absolute atomic E-state index is 0.0395. The molecule has 0 radical (unpaired) electrons. The fourth-order valence-electron chi connectivity index (χ4n) is 1.19.